The number of carbonyl (C=O) groups excluding carboxylic acids is 1. The number of amides is 1. The van der Waals surface area contributed by atoms with Crippen molar-refractivity contribution in [3.63, 3.8) is 0 Å². The van der Waals surface area contributed by atoms with E-state index in [0.717, 1.165) is 49.9 Å². The maximum absolute atomic E-state index is 13.9. The van der Waals surface area contributed by atoms with Crippen LogP contribution in [0, 0.1) is 11.8 Å². The normalized spacial score (nSPS) is 20.3. The van der Waals surface area contributed by atoms with Crippen molar-refractivity contribution in [3.8, 4) is 0 Å². The Labute approximate surface area is 185 Å². The molecular weight excluding hydrogens is 392 g/mol. The van der Waals surface area contributed by atoms with Gasteiger partial charge in [-0.2, -0.15) is 0 Å². The number of nitrogens with zero attached hydrogens (tertiary/aromatic N) is 3. The average Bonchev–Trinajstić information content (AvgIpc) is 3.13. The van der Waals surface area contributed by atoms with Gasteiger partial charge in [0.15, 0.2) is 5.82 Å². The highest BCUT2D eigenvalue weighted by molar-refractivity contribution is 5.95. The summed E-state index contributed by atoms with van der Waals surface area (Å²) in [5.74, 6) is 0.984. The zero-order valence-corrected chi connectivity index (χ0v) is 19.4. The highest BCUT2D eigenvalue weighted by Crippen LogP contribution is 2.24. The molecule has 0 radical (unpaired) electrons. The number of methoxy groups -OCH3 is 1. The van der Waals surface area contributed by atoms with E-state index in [1.54, 1.807) is 7.11 Å². The molecule has 1 saturated heterocycles. The topological polar surface area (TPSA) is 79.6 Å². The monoisotopic (exact) mass is 430 g/mol. The molecule has 2 aromatic rings. The third-order valence-corrected chi connectivity index (χ3v) is 6.13. The third-order valence-electron chi connectivity index (χ3n) is 6.13. The van der Waals surface area contributed by atoms with Gasteiger partial charge in [-0.05, 0) is 50.2 Å². The lowest BCUT2D eigenvalue weighted by atomic mass is 9.90. The van der Waals surface area contributed by atoms with Crippen LogP contribution in [0.15, 0.2) is 24.3 Å². The Balaban J connectivity index is 1.91. The molecule has 0 aliphatic carbocycles. The van der Waals surface area contributed by atoms with Gasteiger partial charge in [0.25, 0.3) is 5.91 Å². The predicted molar refractivity (Wildman–Crippen MR) is 123 cm³/mol. The molecule has 1 amide bonds. The summed E-state index contributed by atoms with van der Waals surface area (Å²) in [6.07, 6.45) is 2.27. The number of ether oxygens (including phenoxy) is 1. The second-order valence-electron chi connectivity index (χ2n) is 9.18. The minimum Gasteiger partial charge on any atom is -0.393 e. The number of aromatic nitrogens is 2. The lowest BCUT2D eigenvalue weighted by molar-refractivity contribution is 0.0435. The number of rotatable bonds is 10. The van der Waals surface area contributed by atoms with Gasteiger partial charge in [-0.15, -0.1) is 0 Å². The maximum atomic E-state index is 13.9. The van der Waals surface area contributed by atoms with Gasteiger partial charge in [-0.25, -0.2) is 4.98 Å². The number of piperidine rings is 1. The maximum Gasteiger partial charge on any atom is 0.290 e. The first kappa shape index (κ1) is 23.7. The van der Waals surface area contributed by atoms with Crippen molar-refractivity contribution in [1.82, 2.24) is 19.8 Å². The number of unbranched alkanes of at least 4 members (excludes halogenated alkanes) is 1. The Morgan fingerprint density at radius 3 is 2.77 bits per heavy atom. The number of aryl methyl sites for hydroxylation is 1. The molecule has 3 atom stereocenters. The molecule has 1 aliphatic rings. The molecule has 2 heterocycles. The van der Waals surface area contributed by atoms with Crippen molar-refractivity contribution in [2.45, 2.75) is 58.7 Å². The molecule has 0 bridgehead atoms. The number of para-hydroxylation sites is 2. The van der Waals surface area contributed by atoms with Gasteiger partial charge in [0.05, 0.1) is 17.1 Å². The molecule has 172 valence electrons. The summed E-state index contributed by atoms with van der Waals surface area (Å²) < 4.78 is 7.26. The highest BCUT2D eigenvalue weighted by atomic mass is 16.5. The number of aliphatic hydroxyl groups excluding tert-OH is 1. The van der Waals surface area contributed by atoms with Crippen LogP contribution in [-0.2, 0) is 11.3 Å². The fourth-order valence-electron chi connectivity index (χ4n) is 4.46. The van der Waals surface area contributed by atoms with Crippen LogP contribution in [0.4, 0.5) is 0 Å². The minimum atomic E-state index is -0.392. The van der Waals surface area contributed by atoms with E-state index in [9.17, 15) is 9.90 Å². The molecule has 7 heteroatoms. The lowest BCUT2D eigenvalue weighted by Gasteiger charge is -2.39. The van der Waals surface area contributed by atoms with E-state index < -0.39 is 6.10 Å². The van der Waals surface area contributed by atoms with Crippen molar-refractivity contribution >= 4 is 16.9 Å². The van der Waals surface area contributed by atoms with Gasteiger partial charge in [0.2, 0.25) is 0 Å². The van der Waals surface area contributed by atoms with E-state index in [0.29, 0.717) is 24.9 Å². The third kappa shape index (κ3) is 5.84. The van der Waals surface area contributed by atoms with Gasteiger partial charge < -0.3 is 24.6 Å². The quantitative estimate of drug-likeness (QED) is 0.567. The van der Waals surface area contributed by atoms with Crippen LogP contribution < -0.4 is 5.32 Å². The average molecular weight is 431 g/mol. The molecule has 3 unspecified atom stereocenters. The SMILES string of the molecule is COCCCCn1c(C(=O)N(CC(C)C)C2CNCC(C(C)O)C2)nc2ccccc21. The van der Waals surface area contributed by atoms with Crippen molar-refractivity contribution in [2.24, 2.45) is 11.8 Å². The summed E-state index contributed by atoms with van der Waals surface area (Å²) in [6, 6.07) is 8.01. The molecular formula is C24H38N4O3. The van der Waals surface area contributed by atoms with Gasteiger partial charge in [0.1, 0.15) is 0 Å². The molecule has 3 rings (SSSR count). The van der Waals surface area contributed by atoms with Crippen molar-refractivity contribution in [2.75, 3.05) is 33.4 Å². The first-order valence-corrected chi connectivity index (χ1v) is 11.6. The van der Waals surface area contributed by atoms with Gasteiger partial charge in [-0.3, -0.25) is 4.79 Å². The van der Waals surface area contributed by atoms with E-state index in [1.165, 1.54) is 0 Å². The van der Waals surface area contributed by atoms with Gasteiger partial charge in [-0.1, -0.05) is 26.0 Å². The number of imidazole rings is 1. The van der Waals surface area contributed by atoms with Crippen molar-refractivity contribution < 1.29 is 14.6 Å². The van der Waals surface area contributed by atoms with E-state index >= 15 is 0 Å². The first-order valence-electron chi connectivity index (χ1n) is 11.6. The van der Waals surface area contributed by atoms with E-state index in [-0.39, 0.29) is 17.9 Å². The van der Waals surface area contributed by atoms with Crippen molar-refractivity contribution in [3.05, 3.63) is 30.1 Å². The number of benzene rings is 1. The second kappa shape index (κ2) is 11.1. The van der Waals surface area contributed by atoms with Crippen LogP contribution in [0.1, 0.15) is 50.7 Å². The zero-order valence-electron chi connectivity index (χ0n) is 19.4. The van der Waals surface area contributed by atoms with E-state index in [4.69, 9.17) is 9.72 Å². The Bertz CT molecular complexity index is 848. The molecule has 7 nitrogen and oxygen atoms in total. The summed E-state index contributed by atoms with van der Waals surface area (Å²) in [5, 5.41) is 13.5. The van der Waals surface area contributed by atoms with Gasteiger partial charge in [0, 0.05) is 45.9 Å². The minimum absolute atomic E-state index is 0.0188. The Morgan fingerprint density at radius 1 is 1.29 bits per heavy atom. The Morgan fingerprint density at radius 2 is 2.06 bits per heavy atom. The summed E-state index contributed by atoms with van der Waals surface area (Å²) >= 11 is 0. The fraction of sp³-hybridized carbons (Fsp3) is 0.667. The Hall–Kier alpha value is -1.96. The number of fused-ring (bicyclic) bond motifs is 1. The number of hydrogen-bond donors (Lipinski definition) is 2. The summed E-state index contributed by atoms with van der Waals surface area (Å²) in [7, 11) is 1.71. The van der Waals surface area contributed by atoms with E-state index in [2.05, 4.69) is 23.7 Å². The number of nitrogens with one attached hydrogen (secondary N) is 1. The molecule has 1 fully saturated rings. The molecule has 1 aromatic carbocycles. The van der Waals surface area contributed by atoms with Crippen molar-refractivity contribution in [1.29, 1.82) is 0 Å². The van der Waals surface area contributed by atoms with Crippen LogP contribution in [0.25, 0.3) is 11.0 Å². The molecule has 1 aromatic heterocycles. The highest BCUT2D eigenvalue weighted by Gasteiger charge is 2.34. The molecule has 0 spiro atoms. The number of aliphatic hydroxyl groups is 1. The number of hydrogen-bond acceptors (Lipinski definition) is 5. The second-order valence-corrected chi connectivity index (χ2v) is 9.18. The molecule has 2 N–H and O–H groups in total. The van der Waals surface area contributed by atoms with E-state index in [1.807, 2.05) is 36.1 Å². The lowest BCUT2D eigenvalue weighted by Crippen LogP contribution is -2.54. The smallest absolute Gasteiger partial charge is 0.290 e. The largest absolute Gasteiger partial charge is 0.393 e. The predicted octanol–water partition coefficient (Wildman–Crippen LogP) is 2.92. The van der Waals surface area contributed by atoms with Crippen LogP contribution in [-0.4, -0.2) is 71.0 Å². The molecule has 1 aliphatic heterocycles. The summed E-state index contributed by atoms with van der Waals surface area (Å²) in [5.41, 5.74) is 1.85. The van der Waals surface area contributed by atoms with Gasteiger partial charge >= 0.3 is 0 Å². The Kier molecular flexibility index (Phi) is 8.46. The van der Waals surface area contributed by atoms with Crippen LogP contribution >= 0.6 is 0 Å². The standard InChI is InChI=1S/C24H38N4O3/c1-17(2)16-28(20-13-19(18(3)29)14-25-15-20)24(30)23-26-21-9-5-6-10-22(21)27(23)11-7-8-12-31-4/h5-6,9-10,17-20,25,29H,7-8,11-16H2,1-4H3. The zero-order chi connectivity index (χ0) is 22.4. The molecule has 0 saturated carbocycles. The summed E-state index contributed by atoms with van der Waals surface area (Å²) in [4.78, 5) is 20.6. The number of carbonyl (C=O) groups is 1. The molecule has 31 heavy (non-hydrogen) atoms. The summed E-state index contributed by atoms with van der Waals surface area (Å²) in [6.45, 7) is 9.76. The van der Waals surface area contributed by atoms with Crippen LogP contribution in [0.3, 0.4) is 0 Å². The van der Waals surface area contributed by atoms with Crippen LogP contribution in [0.2, 0.25) is 0 Å². The van der Waals surface area contributed by atoms with Crippen LogP contribution in [0.5, 0.6) is 0 Å². The fourth-order valence-corrected chi connectivity index (χ4v) is 4.46. The first-order chi connectivity index (χ1) is 14.9.